The first-order chi connectivity index (χ1) is 11.4. The number of aromatic hydroxyl groups is 1. The Bertz CT molecular complexity index is 802. The van der Waals surface area contributed by atoms with Crippen molar-refractivity contribution in [1.29, 1.82) is 0 Å². The molecule has 2 rings (SSSR count). The average Bonchev–Trinajstić information content (AvgIpc) is 2.88. The molecule has 0 unspecified atom stereocenters. The number of thioether (sulfide) groups is 1. The van der Waals surface area contributed by atoms with Crippen LogP contribution in [0.15, 0.2) is 39.4 Å². The largest absolute Gasteiger partial charge is 0.502 e. The molecule has 24 heavy (non-hydrogen) atoms. The van der Waals surface area contributed by atoms with Crippen molar-refractivity contribution < 1.29 is 24.4 Å². The second-order valence-electron chi connectivity index (χ2n) is 4.24. The highest BCUT2D eigenvalue weighted by molar-refractivity contribution is 8.18. The Morgan fingerprint density at radius 3 is 2.92 bits per heavy atom. The van der Waals surface area contributed by atoms with E-state index in [0.29, 0.717) is 5.56 Å². The van der Waals surface area contributed by atoms with Gasteiger partial charge in [-0.2, -0.15) is 5.10 Å². The van der Waals surface area contributed by atoms with Crippen LogP contribution in [0.1, 0.15) is 5.56 Å². The van der Waals surface area contributed by atoms with E-state index < -0.39 is 28.2 Å². The normalized spacial score (nSPS) is 17.5. The average molecular weight is 350 g/mol. The molecule has 1 heterocycles. The molecule has 124 valence electrons. The lowest BCUT2D eigenvalue weighted by Gasteiger charge is -1.96. The van der Waals surface area contributed by atoms with Gasteiger partial charge in [-0.25, -0.2) is 4.79 Å². The van der Waals surface area contributed by atoms with Crippen LogP contribution in [-0.2, 0) is 14.3 Å². The van der Waals surface area contributed by atoms with Crippen molar-refractivity contribution in [3.05, 3.63) is 44.9 Å². The minimum absolute atomic E-state index is 0.107. The van der Waals surface area contributed by atoms with Gasteiger partial charge in [0.05, 0.1) is 23.2 Å². The molecule has 1 aromatic carbocycles. The van der Waals surface area contributed by atoms with Crippen LogP contribution < -0.4 is 5.32 Å². The van der Waals surface area contributed by atoms with Gasteiger partial charge in [0.1, 0.15) is 0 Å². The smallest absolute Gasteiger partial charge is 0.331 e. The van der Waals surface area contributed by atoms with Crippen LogP contribution in [0.4, 0.5) is 5.69 Å². The molecule has 1 aromatic rings. The van der Waals surface area contributed by atoms with Crippen LogP contribution in [0.5, 0.6) is 5.75 Å². The summed E-state index contributed by atoms with van der Waals surface area (Å²) < 4.78 is 4.42. The van der Waals surface area contributed by atoms with Gasteiger partial charge in [-0.1, -0.05) is 0 Å². The van der Waals surface area contributed by atoms with Crippen molar-refractivity contribution in [2.45, 2.75) is 0 Å². The molecule has 0 saturated carbocycles. The Morgan fingerprint density at radius 2 is 2.25 bits per heavy atom. The maximum absolute atomic E-state index is 11.6. The zero-order valence-electron chi connectivity index (χ0n) is 12.1. The lowest BCUT2D eigenvalue weighted by atomic mass is 10.2. The zero-order chi connectivity index (χ0) is 17.7. The summed E-state index contributed by atoms with van der Waals surface area (Å²) >= 11 is 0.896. The number of carbonyl (C=O) groups excluding carboxylic acids is 2. The highest BCUT2D eigenvalue weighted by Gasteiger charge is 2.25. The van der Waals surface area contributed by atoms with Crippen LogP contribution in [0.3, 0.4) is 0 Å². The van der Waals surface area contributed by atoms with Gasteiger partial charge >= 0.3 is 11.7 Å². The highest BCUT2D eigenvalue weighted by Crippen LogP contribution is 2.26. The van der Waals surface area contributed by atoms with Gasteiger partial charge in [0.2, 0.25) is 0 Å². The van der Waals surface area contributed by atoms with E-state index in [-0.39, 0.29) is 10.1 Å². The summed E-state index contributed by atoms with van der Waals surface area (Å²) in [5.41, 5.74) is -0.123. The Kier molecular flexibility index (Phi) is 5.27. The topological polar surface area (TPSA) is 143 Å². The van der Waals surface area contributed by atoms with Crippen LogP contribution in [0, 0.1) is 10.1 Å². The van der Waals surface area contributed by atoms with E-state index in [1.165, 1.54) is 19.4 Å². The molecule has 0 spiro atoms. The number of hydrogen-bond acceptors (Lipinski definition) is 9. The number of nitro groups is 1. The van der Waals surface area contributed by atoms with Crippen LogP contribution in [0.2, 0.25) is 0 Å². The summed E-state index contributed by atoms with van der Waals surface area (Å²) in [7, 11) is 1.19. The number of ether oxygens (including phenoxy) is 1. The van der Waals surface area contributed by atoms with Gasteiger partial charge < -0.3 is 9.84 Å². The van der Waals surface area contributed by atoms with Gasteiger partial charge in [0, 0.05) is 17.7 Å². The monoisotopic (exact) mass is 350 g/mol. The number of nitrogens with one attached hydrogen (secondary N) is 1. The molecule has 1 fully saturated rings. The number of esters is 1. The maximum atomic E-state index is 11.6. The van der Waals surface area contributed by atoms with Crippen LogP contribution in [0.25, 0.3) is 0 Å². The van der Waals surface area contributed by atoms with Gasteiger partial charge in [0.15, 0.2) is 10.9 Å². The van der Waals surface area contributed by atoms with E-state index in [2.05, 4.69) is 20.3 Å². The zero-order valence-corrected chi connectivity index (χ0v) is 12.9. The molecule has 11 heteroatoms. The first kappa shape index (κ1) is 17.1. The summed E-state index contributed by atoms with van der Waals surface area (Å²) in [6.07, 6.45) is 2.24. The van der Waals surface area contributed by atoms with E-state index in [4.69, 9.17) is 0 Å². The molecular weight excluding hydrogens is 340 g/mol. The van der Waals surface area contributed by atoms with Crippen molar-refractivity contribution in [2.75, 3.05) is 7.11 Å². The van der Waals surface area contributed by atoms with E-state index in [1.54, 1.807) is 0 Å². The molecule has 10 nitrogen and oxygen atoms in total. The summed E-state index contributed by atoms with van der Waals surface area (Å²) in [6.45, 7) is 0. The number of hydrogen-bond donors (Lipinski definition) is 2. The number of phenols is 1. The maximum Gasteiger partial charge on any atom is 0.331 e. The molecule has 0 radical (unpaired) electrons. The summed E-state index contributed by atoms with van der Waals surface area (Å²) in [5, 5.41) is 30.0. The Morgan fingerprint density at radius 1 is 1.50 bits per heavy atom. The van der Waals surface area contributed by atoms with E-state index >= 15 is 0 Å². The molecule has 1 aliphatic heterocycles. The van der Waals surface area contributed by atoms with Crippen molar-refractivity contribution in [3.63, 3.8) is 0 Å². The minimum Gasteiger partial charge on any atom is -0.502 e. The third-order valence-electron chi connectivity index (χ3n) is 2.65. The van der Waals surface area contributed by atoms with Crippen molar-refractivity contribution in [2.24, 2.45) is 10.2 Å². The number of amidine groups is 1. The number of carbonyl (C=O) groups is 2. The first-order valence-corrected chi connectivity index (χ1v) is 7.09. The summed E-state index contributed by atoms with van der Waals surface area (Å²) in [5.74, 6) is -1.65. The summed E-state index contributed by atoms with van der Waals surface area (Å²) in [4.78, 5) is 32.8. The predicted molar refractivity (Wildman–Crippen MR) is 85.6 cm³/mol. The van der Waals surface area contributed by atoms with Gasteiger partial charge in [-0.15, -0.1) is 5.10 Å². The van der Waals surface area contributed by atoms with E-state index in [0.717, 1.165) is 30.0 Å². The molecule has 1 aliphatic rings. The summed E-state index contributed by atoms with van der Waals surface area (Å²) in [6, 6.07) is 3.70. The fourth-order valence-corrected chi connectivity index (χ4v) is 2.29. The number of methoxy groups -OCH3 is 1. The molecule has 0 bridgehead atoms. The first-order valence-electron chi connectivity index (χ1n) is 6.28. The molecular formula is C13H10N4O6S. The lowest BCUT2D eigenvalue weighted by molar-refractivity contribution is -0.385. The molecule has 0 aliphatic carbocycles. The number of nitro benzene ring substituents is 1. The molecule has 0 atom stereocenters. The third kappa shape index (κ3) is 4.16. The van der Waals surface area contributed by atoms with E-state index in [1.807, 2.05) is 0 Å². The second kappa shape index (κ2) is 7.37. The number of amides is 1. The van der Waals surface area contributed by atoms with Crippen molar-refractivity contribution >= 4 is 40.7 Å². The van der Waals surface area contributed by atoms with Crippen LogP contribution >= 0.6 is 11.8 Å². The number of nitrogens with zero attached hydrogens (tertiary/aromatic N) is 3. The quantitative estimate of drug-likeness (QED) is 0.270. The van der Waals surface area contributed by atoms with Crippen molar-refractivity contribution in [1.82, 2.24) is 5.32 Å². The molecule has 0 aromatic heterocycles. The Labute approximate surface area is 139 Å². The fraction of sp³-hybridized carbons (Fsp3) is 0.0769. The fourth-order valence-electron chi connectivity index (χ4n) is 1.56. The highest BCUT2D eigenvalue weighted by atomic mass is 32.2. The van der Waals surface area contributed by atoms with E-state index in [9.17, 15) is 24.8 Å². The van der Waals surface area contributed by atoms with Crippen LogP contribution in [-0.4, -0.2) is 40.4 Å². The minimum atomic E-state index is -0.727. The standard InChI is InChI=1S/C13H10N4O6S/c1-23-11(19)5-10-12(20)15-13(24-10)16-14-6-7-2-3-9(18)8(4-7)17(21)22/h2-6,18H,1H3,(H,15,16,20)/b10-5+,14-6?. The SMILES string of the molecule is COC(=O)/C=C1/S/C(=N\N=Cc2ccc(O)c([N+](=O)[O-])c2)NC1=O. The van der Waals surface area contributed by atoms with Gasteiger partial charge in [0.25, 0.3) is 5.91 Å². The molecule has 2 N–H and O–H groups in total. The number of rotatable bonds is 4. The predicted octanol–water partition coefficient (Wildman–Crippen LogP) is 0.910. The molecule has 1 amide bonds. The van der Waals surface area contributed by atoms with Crippen molar-refractivity contribution in [3.8, 4) is 5.75 Å². The van der Waals surface area contributed by atoms with Gasteiger partial charge in [-0.3, -0.25) is 20.2 Å². The number of phenolic OH excluding ortho intramolecular Hbond substituents is 1. The Hall–Kier alpha value is -3.21. The number of benzene rings is 1. The lowest BCUT2D eigenvalue weighted by Crippen LogP contribution is -2.19. The second-order valence-corrected chi connectivity index (χ2v) is 5.27. The van der Waals surface area contributed by atoms with Gasteiger partial charge in [-0.05, 0) is 23.9 Å². The molecule has 1 saturated heterocycles. The Balaban J connectivity index is 2.11. The third-order valence-corrected chi connectivity index (χ3v) is 3.55.